The van der Waals surface area contributed by atoms with E-state index < -0.39 is 0 Å². The van der Waals surface area contributed by atoms with Crippen LogP contribution in [0.5, 0.6) is 5.75 Å². The van der Waals surface area contributed by atoms with Gasteiger partial charge in [-0.05, 0) is 18.2 Å². The molecule has 1 aromatic carbocycles. The van der Waals surface area contributed by atoms with Gasteiger partial charge in [-0.15, -0.1) is 0 Å². The number of para-hydroxylation sites is 1. The summed E-state index contributed by atoms with van der Waals surface area (Å²) in [6.07, 6.45) is 3.50. The Morgan fingerprint density at radius 2 is 1.83 bits per heavy atom. The Morgan fingerprint density at radius 1 is 1.07 bits per heavy atom. The van der Waals surface area contributed by atoms with Gasteiger partial charge >= 0.3 is 0 Å². The van der Waals surface area contributed by atoms with Gasteiger partial charge in [0.25, 0.3) is 0 Å². The zero-order chi connectivity index (χ0) is 19.8. The highest BCUT2D eigenvalue weighted by atomic mass is 32.1. The Hall–Kier alpha value is -2.94. The van der Waals surface area contributed by atoms with Crippen LogP contribution in [0.1, 0.15) is 0 Å². The van der Waals surface area contributed by atoms with Crippen LogP contribution >= 0.6 is 11.3 Å². The maximum absolute atomic E-state index is 12.9. The van der Waals surface area contributed by atoms with E-state index in [0.717, 1.165) is 53.2 Å². The first-order valence-corrected chi connectivity index (χ1v) is 10.5. The van der Waals surface area contributed by atoms with Gasteiger partial charge < -0.3 is 19.4 Å². The predicted octanol–water partition coefficient (Wildman–Crippen LogP) is 1.88. The highest BCUT2D eigenvalue weighted by Crippen LogP contribution is 2.36. The van der Waals surface area contributed by atoms with Crippen molar-refractivity contribution in [1.29, 1.82) is 0 Å². The fourth-order valence-electron chi connectivity index (χ4n) is 3.84. The van der Waals surface area contributed by atoms with Crippen molar-refractivity contribution in [1.82, 2.24) is 19.9 Å². The van der Waals surface area contributed by atoms with Gasteiger partial charge in [0.1, 0.15) is 11.3 Å². The number of fused-ring (bicyclic) bond motifs is 1. The normalized spacial score (nSPS) is 17.5. The van der Waals surface area contributed by atoms with Gasteiger partial charge in [-0.25, -0.2) is 15.0 Å². The monoisotopic (exact) mass is 410 g/mol. The predicted molar refractivity (Wildman–Crippen MR) is 113 cm³/mol. The molecule has 2 saturated heterocycles. The quantitative estimate of drug-likeness (QED) is 0.650. The topological polar surface area (TPSA) is 74.7 Å². The van der Waals surface area contributed by atoms with Gasteiger partial charge in [-0.1, -0.05) is 17.4 Å². The summed E-state index contributed by atoms with van der Waals surface area (Å²) in [5.41, 5.74) is 0.893. The molecule has 3 aromatic rings. The third-order valence-electron chi connectivity index (χ3n) is 5.52. The number of anilines is 2. The van der Waals surface area contributed by atoms with Crippen molar-refractivity contribution in [3.8, 4) is 5.75 Å². The lowest BCUT2D eigenvalue weighted by Crippen LogP contribution is -2.58. The second-order valence-corrected chi connectivity index (χ2v) is 8.28. The summed E-state index contributed by atoms with van der Waals surface area (Å²) in [4.78, 5) is 32.5. The third-order valence-corrected chi connectivity index (χ3v) is 6.60. The van der Waals surface area contributed by atoms with E-state index in [4.69, 9.17) is 9.72 Å². The molecular formula is C20H22N6O2S. The molecule has 150 valence electrons. The summed E-state index contributed by atoms with van der Waals surface area (Å²) >= 11 is 1.65. The average molecular weight is 411 g/mol. The summed E-state index contributed by atoms with van der Waals surface area (Å²) in [6.45, 7) is 4.41. The maximum Gasteiger partial charge on any atom is 0.229 e. The summed E-state index contributed by atoms with van der Waals surface area (Å²) in [6, 6.07) is 7.77. The van der Waals surface area contributed by atoms with Crippen LogP contribution in [-0.4, -0.2) is 72.1 Å². The maximum atomic E-state index is 12.9. The molecule has 0 bridgehead atoms. The summed E-state index contributed by atoms with van der Waals surface area (Å²) in [5.74, 6) is 1.82. The number of nitrogens with zero attached hydrogens (tertiary/aromatic N) is 6. The van der Waals surface area contributed by atoms with Crippen LogP contribution in [0.2, 0.25) is 0 Å². The highest BCUT2D eigenvalue weighted by molar-refractivity contribution is 7.22. The van der Waals surface area contributed by atoms with Gasteiger partial charge in [0, 0.05) is 51.7 Å². The van der Waals surface area contributed by atoms with Crippen molar-refractivity contribution in [3.05, 3.63) is 36.7 Å². The second kappa shape index (κ2) is 7.47. The molecule has 2 aromatic heterocycles. The standard InChI is InChI=1S/C20H22N6O2S/c1-28-15-4-2-5-16-17(15)23-20(29-16)26-12-14(13-26)18(27)24-8-10-25(11-9-24)19-21-6-3-7-22-19/h2-7,14H,8-13H2,1H3. The SMILES string of the molecule is COc1cccc2sc(N3CC(C(=O)N4CCN(c5ncccn5)CC4)C3)nc12. The van der Waals surface area contributed by atoms with Crippen molar-refractivity contribution < 1.29 is 9.53 Å². The molecule has 0 spiro atoms. The largest absolute Gasteiger partial charge is 0.494 e. The molecule has 29 heavy (non-hydrogen) atoms. The Labute approximate surface area is 172 Å². The number of carbonyl (C=O) groups excluding carboxylic acids is 1. The number of thiazole rings is 1. The molecule has 0 radical (unpaired) electrons. The van der Waals surface area contributed by atoms with Crippen molar-refractivity contribution in [2.24, 2.45) is 5.92 Å². The van der Waals surface area contributed by atoms with E-state index in [9.17, 15) is 4.79 Å². The lowest BCUT2D eigenvalue weighted by molar-refractivity contribution is -0.136. The number of hydrogen-bond acceptors (Lipinski definition) is 8. The van der Waals surface area contributed by atoms with E-state index in [-0.39, 0.29) is 11.8 Å². The molecule has 2 aliphatic rings. The van der Waals surface area contributed by atoms with Crippen LogP contribution in [-0.2, 0) is 4.79 Å². The highest BCUT2D eigenvalue weighted by Gasteiger charge is 2.37. The average Bonchev–Trinajstić information content (AvgIpc) is 3.17. The Bertz CT molecular complexity index is 1010. The first-order valence-electron chi connectivity index (χ1n) is 9.72. The van der Waals surface area contributed by atoms with Crippen LogP contribution in [0.4, 0.5) is 11.1 Å². The summed E-state index contributed by atoms with van der Waals surface area (Å²) in [7, 11) is 1.66. The minimum atomic E-state index is 0.0448. The smallest absolute Gasteiger partial charge is 0.229 e. The number of amides is 1. The number of carbonyl (C=O) groups is 1. The number of hydrogen-bond donors (Lipinski definition) is 0. The van der Waals surface area contributed by atoms with Gasteiger partial charge in [0.2, 0.25) is 11.9 Å². The van der Waals surface area contributed by atoms with Crippen LogP contribution in [0.25, 0.3) is 10.2 Å². The second-order valence-electron chi connectivity index (χ2n) is 7.27. The van der Waals surface area contributed by atoms with E-state index in [1.54, 1.807) is 30.8 Å². The van der Waals surface area contributed by atoms with E-state index in [1.165, 1.54) is 0 Å². The number of benzene rings is 1. The third kappa shape index (κ3) is 3.35. The molecular weight excluding hydrogens is 388 g/mol. The summed E-state index contributed by atoms with van der Waals surface area (Å²) in [5, 5.41) is 0.958. The first kappa shape index (κ1) is 18.1. The van der Waals surface area contributed by atoms with Crippen LogP contribution in [0, 0.1) is 5.92 Å². The van der Waals surface area contributed by atoms with Gasteiger partial charge in [0.05, 0.1) is 17.7 Å². The Kier molecular flexibility index (Phi) is 4.67. The molecule has 2 aliphatic heterocycles. The first-order chi connectivity index (χ1) is 14.2. The molecule has 1 amide bonds. The van der Waals surface area contributed by atoms with Gasteiger partial charge in [-0.2, -0.15) is 0 Å². The van der Waals surface area contributed by atoms with E-state index in [0.29, 0.717) is 13.1 Å². The van der Waals surface area contributed by atoms with E-state index in [1.807, 2.05) is 23.1 Å². The molecule has 0 atom stereocenters. The number of aromatic nitrogens is 3. The van der Waals surface area contributed by atoms with Crippen molar-refractivity contribution in [2.75, 3.05) is 56.2 Å². The number of rotatable bonds is 4. The van der Waals surface area contributed by atoms with Crippen LogP contribution < -0.4 is 14.5 Å². The molecule has 0 aliphatic carbocycles. The molecule has 8 nitrogen and oxygen atoms in total. The van der Waals surface area contributed by atoms with Gasteiger partial charge in [0.15, 0.2) is 5.13 Å². The Morgan fingerprint density at radius 3 is 2.55 bits per heavy atom. The van der Waals surface area contributed by atoms with Gasteiger partial charge in [-0.3, -0.25) is 4.79 Å². The fraction of sp³-hybridized carbons (Fsp3) is 0.400. The van der Waals surface area contributed by atoms with Crippen molar-refractivity contribution >= 4 is 38.5 Å². The minimum Gasteiger partial charge on any atom is -0.494 e. The number of methoxy groups -OCH3 is 1. The lowest BCUT2D eigenvalue weighted by atomic mass is 9.99. The zero-order valence-corrected chi connectivity index (χ0v) is 17.0. The Balaban J connectivity index is 1.18. The zero-order valence-electron chi connectivity index (χ0n) is 16.2. The molecule has 2 fully saturated rings. The van der Waals surface area contributed by atoms with Crippen molar-refractivity contribution in [2.45, 2.75) is 0 Å². The van der Waals surface area contributed by atoms with Crippen molar-refractivity contribution in [3.63, 3.8) is 0 Å². The molecule has 9 heteroatoms. The fourth-order valence-corrected chi connectivity index (χ4v) is 4.84. The molecule has 0 N–H and O–H groups in total. The van der Waals surface area contributed by atoms with E-state index in [2.05, 4.69) is 25.8 Å². The van der Waals surface area contributed by atoms with Crippen LogP contribution in [0.3, 0.4) is 0 Å². The molecule has 0 unspecified atom stereocenters. The van der Waals surface area contributed by atoms with Crippen LogP contribution in [0.15, 0.2) is 36.7 Å². The molecule has 4 heterocycles. The molecule has 0 saturated carbocycles. The molecule has 5 rings (SSSR count). The lowest BCUT2D eigenvalue weighted by Gasteiger charge is -2.42. The van der Waals surface area contributed by atoms with E-state index >= 15 is 0 Å². The number of ether oxygens (including phenoxy) is 1. The number of piperazine rings is 1. The summed E-state index contributed by atoms with van der Waals surface area (Å²) < 4.78 is 6.51. The minimum absolute atomic E-state index is 0.0448.